The van der Waals surface area contributed by atoms with Gasteiger partial charge in [-0.3, -0.25) is 4.79 Å². The number of amides is 1. The van der Waals surface area contributed by atoms with Crippen LogP contribution in [0.2, 0.25) is 10.0 Å². The van der Waals surface area contributed by atoms with E-state index in [1.807, 2.05) is 0 Å². The number of nitrogen functional groups attached to an aromatic ring is 1. The van der Waals surface area contributed by atoms with Crippen molar-refractivity contribution < 1.29 is 22.4 Å². The van der Waals surface area contributed by atoms with Gasteiger partial charge in [0.2, 0.25) is 0 Å². The number of halogens is 5. The van der Waals surface area contributed by atoms with Crippen molar-refractivity contribution in [1.29, 1.82) is 0 Å². The highest BCUT2D eigenvalue weighted by atomic mass is 35.5. The number of fused-ring (bicyclic) bond motifs is 1. The highest BCUT2D eigenvalue weighted by molar-refractivity contribution is 7.21. The molecule has 0 aliphatic heterocycles. The third kappa shape index (κ3) is 3.60. The maximum atomic E-state index is 13.4. The zero-order valence-electron chi connectivity index (χ0n) is 14.7. The van der Waals surface area contributed by atoms with Crippen LogP contribution in [0.15, 0.2) is 47.1 Å². The molecule has 11 heteroatoms. The molecule has 154 valence electrons. The van der Waals surface area contributed by atoms with E-state index in [2.05, 4.69) is 10.3 Å². The fourth-order valence-corrected chi connectivity index (χ4v) is 4.36. The summed E-state index contributed by atoms with van der Waals surface area (Å²) >= 11 is 12.9. The number of rotatable bonds is 3. The predicted molar refractivity (Wildman–Crippen MR) is 111 cm³/mol. The molecule has 4 rings (SSSR count). The summed E-state index contributed by atoms with van der Waals surface area (Å²) in [5.41, 5.74) is 5.26. The van der Waals surface area contributed by atoms with Crippen molar-refractivity contribution in [1.82, 2.24) is 4.98 Å². The van der Waals surface area contributed by atoms with Gasteiger partial charge < -0.3 is 15.5 Å². The standard InChI is InChI=1S/C19H10Cl2F3N3O2S/c20-9-3-1-4-10(21)15(9)27-17(28)16-14(25)13-8(11-5-2-6-29-11)7-12(19(22,23)24)26-18(13)30-16/h1-7H,25H2,(H,27,28). The molecule has 4 aromatic rings. The van der Waals surface area contributed by atoms with Crippen LogP contribution < -0.4 is 11.1 Å². The number of thiophene rings is 1. The molecule has 0 unspecified atom stereocenters. The van der Waals surface area contributed by atoms with Crippen molar-refractivity contribution >= 4 is 62.0 Å². The van der Waals surface area contributed by atoms with Gasteiger partial charge in [-0.1, -0.05) is 29.3 Å². The third-order valence-electron chi connectivity index (χ3n) is 4.18. The first-order chi connectivity index (χ1) is 14.2. The molecule has 5 nitrogen and oxygen atoms in total. The van der Waals surface area contributed by atoms with Crippen molar-refractivity contribution in [3.05, 3.63) is 63.3 Å². The van der Waals surface area contributed by atoms with Crippen molar-refractivity contribution in [2.45, 2.75) is 6.18 Å². The predicted octanol–water partition coefficient (Wildman–Crippen LogP) is 6.72. The molecular formula is C19H10Cl2F3N3O2S. The van der Waals surface area contributed by atoms with Gasteiger partial charge in [-0.15, -0.1) is 11.3 Å². The average molecular weight is 472 g/mol. The minimum Gasteiger partial charge on any atom is -0.464 e. The monoisotopic (exact) mass is 471 g/mol. The van der Waals surface area contributed by atoms with Gasteiger partial charge in [0.25, 0.3) is 5.91 Å². The smallest absolute Gasteiger partial charge is 0.433 e. The summed E-state index contributed by atoms with van der Waals surface area (Å²) in [5, 5.41) is 3.14. The van der Waals surface area contributed by atoms with E-state index in [4.69, 9.17) is 33.4 Å². The molecule has 3 N–H and O–H groups in total. The Morgan fingerprint density at radius 2 is 1.87 bits per heavy atom. The number of alkyl halides is 3. The number of para-hydroxylation sites is 1. The second kappa shape index (κ2) is 7.50. The Labute approximate surface area is 181 Å². The molecule has 1 aromatic carbocycles. The fourth-order valence-electron chi connectivity index (χ4n) is 2.85. The number of hydrogen-bond acceptors (Lipinski definition) is 5. The molecule has 0 aliphatic rings. The van der Waals surface area contributed by atoms with Crippen molar-refractivity contribution in [3.63, 3.8) is 0 Å². The number of nitrogens with one attached hydrogen (secondary N) is 1. The summed E-state index contributed by atoms with van der Waals surface area (Å²) in [5.74, 6) is -0.511. The lowest BCUT2D eigenvalue weighted by Gasteiger charge is -2.09. The lowest BCUT2D eigenvalue weighted by atomic mass is 10.1. The Hall–Kier alpha value is -2.75. The Kier molecular flexibility index (Phi) is 5.13. The lowest BCUT2D eigenvalue weighted by Crippen LogP contribution is -2.12. The summed E-state index contributed by atoms with van der Waals surface area (Å²) in [6, 6.07) is 8.54. The second-order valence-electron chi connectivity index (χ2n) is 6.11. The van der Waals surface area contributed by atoms with Crippen LogP contribution in [0.3, 0.4) is 0 Å². The molecular weight excluding hydrogens is 462 g/mol. The van der Waals surface area contributed by atoms with E-state index >= 15 is 0 Å². The molecule has 0 bridgehead atoms. The van der Waals surface area contributed by atoms with E-state index in [0.29, 0.717) is 0 Å². The van der Waals surface area contributed by atoms with E-state index < -0.39 is 17.8 Å². The molecule has 30 heavy (non-hydrogen) atoms. The molecule has 0 radical (unpaired) electrons. The largest absolute Gasteiger partial charge is 0.464 e. The van der Waals surface area contributed by atoms with Crippen LogP contribution in [0, 0.1) is 0 Å². The zero-order chi connectivity index (χ0) is 21.6. The summed E-state index contributed by atoms with van der Waals surface area (Å²) in [4.78, 5) is 16.4. The van der Waals surface area contributed by atoms with Crippen LogP contribution in [0.1, 0.15) is 15.4 Å². The number of hydrogen-bond donors (Lipinski definition) is 2. The number of pyridine rings is 1. The van der Waals surface area contributed by atoms with Gasteiger partial charge in [0.05, 0.1) is 27.7 Å². The van der Waals surface area contributed by atoms with Crippen LogP contribution >= 0.6 is 34.5 Å². The van der Waals surface area contributed by atoms with E-state index in [9.17, 15) is 18.0 Å². The molecule has 0 saturated heterocycles. The van der Waals surface area contributed by atoms with E-state index in [1.54, 1.807) is 6.07 Å². The van der Waals surface area contributed by atoms with Crippen LogP contribution in [0.5, 0.6) is 0 Å². The van der Waals surface area contributed by atoms with Gasteiger partial charge in [-0.2, -0.15) is 13.2 Å². The quantitative estimate of drug-likeness (QED) is 0.347. The first-order valence-corrected chi connectivity index (χ1v) is 9.83. The van der Waals surface area contributed by atoms with Crippen molar-refractivity contribution in [2.24, 2.45) is 0 Å². The van der Waals surface area contributed by atoms with Crippen molar-refractivity contribution in [2.75, 3.05) is 11.1 Å². The van der Waals surface area contributed by atoms with E-state index in [-0.39, 0.29) is 47.8 Å². The second-order valence-corrected chi connectivity index (χ2v) is 7.92. The number of anilines is 2. The van der Waals surface area contributed by atoms with Crippen LogP contribution in [-0.4, -0.2) is 10.9 Å². The molecule has 1 amide bonds. The summed E-state index contributed by atoms with van der Waals surface area (Å²) < 4.78 is 45.3. The topological polar surface area (TPSA) is 81.2 Å². The Morgan fingerprint density at radius 3 is 2.47 bits per heavy atom. The minimum atomic E-state index is -4.69. The van der Waals surface area contributed by atoms with Gasteiger partial charge in [0.1, 0.15) is 21.2 Å². The fraction of sp³-hybridized carbons (Fsp3) is 0.0526. The summed E-state index contributed by atoms with van der Waals surface area (Å²) in [6.45, 7) is 0. The van der Waals surface area contributed by atoms with Gasteiger partial charge in [-0.25, -0.2) is 4.98 Å². The Bertz CT molecular complexity index is 1250. The summed E-state index contributed by atoms with van der Waals surface area (Å²) in [7, 11) is 0. The highest BCUT2D eigenvalue weighted by Crippen LogP contribution is 2.43. The highest BCUT2D eigenvalue weighted by Gasteiger charge is 2.35. The van der Waals surface area contributed by atoms with E-state index in [0.717, 1.165) is 17.4 Å². The summed E-state index contributed by atoms with van der Waals surface area (Å²) in [6.07, 6.45) is -3.37. The van der Waals surface area contributed by atoms with Crippen LogP contribution in [-0.2, 0) is 6.18 Å². The van der Waals surface area contributed by atoms with Gasteiger partial charge >= 0.3 is 6.18 Å². The van der Waals surface area contributed by atoms with Crippen LogP contribution in [0.25, 0.3) is 21.5 Å². The van der Waals surface area contributed by atoms with Gasteiger partial charge in [0, 0.05) is 10.9 Å². The SMILES string of the molecule is Nc1c(C(=O)Nc2c(Cl)cccc2Cl)sc2nc(C(F)(F)F)cc(-c3ccco3)c12. The molecule has 0 aliphatic carbocycles. The first kappa shape index (κ1) is 20.5. The Morgan fingerprint density at radius 1 is 1.17 bits per heavy atom. The number of furan rings is 1. The van der Waals surface area contributed by atoms with E-state index in [1.165, 1.54) is 30.5 Å². The van der Waals surface area contributed by atoms with Crippen LogP contribution in [0.4, 0.5) is 24.5 Å². The van der Waals surface area contributed by atoms with Gasteiger partial charge in [0.15, 0.2) is 0 Å². The maximum absolute atomic E-state index is 13.4. The third-order valence-corrected chi connectivity index (χ3v) is 5.91. The molecule has 3 aromatic heterocycles. The number of carbonyl (C=O) groups excluding carboxylic acids is 1. The number of nitrogens with two attached hydrogens (primary N) is 1. The number of aromatic nitrogens is 1. The number of nitrogens with zero attached hydrogens (tertiary/aromatic N) is 1. The average Bonchev–Trinajstić information content (AvgIpc) is 3.32. The zero-order valence-corrected chi connectivity index (χ0v) is 17.0. The molecule has 0 spiro atoms. The molecule has 0 fully saturated rings. The first-order valence-electron chi connectivity index (χ1n) is 8.26. The van der Waals surface area contributed by atoms with Crippen molar-refractivity contribution in [3.8, 4) is 11.3 Å². The Balaban J connectivity index is 1.87. The molecule has 0 atom stereocenters. The number of benzene rings is 1. The maximum Gasteiger partial charge on any atom is 0.433 e. The molecule has 3 heterocycles. The number of carbonyl (C=O) groups is 1. The normalized spacial score (nSPS) is 11.8. The minimum absolute atomic E-state index is 0.0247. The van der Waals surface area contributed by atoms with Gasteiger partial charge in [-0.05, 0) is 30.3 Å². The molecule has 0 saturated carbocycles. The lowest BCUT2D eigenvalue weighted by molar-refractivity contribution is -0.140.